The van der Waals surface area contributed by atoms with Crippen LogP contribution in [0, 0.1) is 6.92 Å². The normalized spacial score (nSPS) is 11.3. The van der Waals surface area contributed by atoms with Crippen molar-refractivity contribution < 1.29 is 27.4 Å². The Hall–Kier alpha value is -4.06. The summed E-state index contributed by atoms with van der Waals surface area (Å²) in [6.45, 7) is 1.65. The van der Waals surface area contributed by atoms with Gasteiger partial charge in [-0.3, -0.25) is 9.10 Å². The molecule has 43 heavy (non-hydrogen) atoms. The molecule has 0 fully saturated rings. The van der Waals surface area contributed by atoms with Crippen molar-refractivity contribution >= 4 is 55.4 Å². The summed E-state index contributed by atoms with van der Waals surface area (Å²) in [6.07, 6.45) is 1.42. The van der Waals surface area contributed by atoms with E-state index in [0.717, 1.165) is 15.4 Å². The van der Waals surface area contributed by atoms with E-state index in [2.05, 4.69) is 26.5 Å². The number of amides is 1. The van der Waals surface area contributed by atoms with Gasteiger partial charge in [-0.1, -0.05) is 41.4 Å². The molecule has 4 aromatic carbocycles. The predicted molar refractivity (Wildman–Crippen MR) is 171 cm³/mol. The first-order chi connectivity index (χ1) is 20.6. The Labute approximate surface area is 264 Å². The SMILES string of the molecule is COc1ccc(N(CC(=O)N/N=C\c2cc(Br)c(OCc3ccc(Cl)cc3)c(OC)c2)S(=O)(=O)c2ccc(C)cc2)cc1. The molecule has 9 nitrogen and oxygen atoms in total. The Morgan fingerprint density at radius 1 is 0.977 bits per heavy atom. The van der Waals surface area contributed by atoms with Crippen LogP contribution in [0.5, 0.6) is 17.2 Å². The first-order valence-electron chi connectivity index (χ1n) is 12.9. The number of carbonyl (C=O) groups is 1. The van der Waals surface area contributed by atoms with E-state index >= 15 is 0 Å². The topological polar surface area (TPSA) is 107 Å². The predicted octanol–water partition coefficient (Wildman–Crippen LogP) is 6.35. The standard InChI is InChI=1S/C31H29BrClN3O6S/c1-21-4-14-27(15-5-21)43(38,39)36(25-10-12-26(40-2)13-11-25)19-30(37)35-34-18-23-16-28(32)31(29(17-23)41-3)42-20-22-6-8-24(33)9-7-22/h4-18H,19-20H2,1-3H3,(H,35,37)/b34-18-. The lowest BCUT2D eigenvalue weighted by Gasteiger charge is -2.24. The van der Waals surface area contributed by atoms with Gasteiger partial charge in [-0.2, -0.15) is 5.10 Å². The van der Waals surface area contributed by atoms with Crippen LogP contribution in [0.25, 0.3) is 0 Å². The molecule has 0 unspecified atom stereocenters. The van der Waals surface area contributed by atoms with Gasteiger partial charge in [0.2, 0.25) is 0 Å². The molecule has 0 spiro atoms. The van der Waals surface area contributed by atoms with Crippen LogP contribution in [0.1, 0.15) is 16.7 Å². The molecule has 0 heterocycles. The van der Waals surface area contributed by atoms with Crippen molar-refractivity contribution in [2.24, 2.45) is 5.10 Å². The number of ether oxygens (including phenoxy) is 3. The van der Waals surface area contributed by atoms with E-state index in [1.165, 1.54) is 32.6 Å². The average molecular weight is 687 g/mol. The van der Waals surface area contributed by atoms with Gasteiger partial charge in [-0.15, -0.1) is 0 Å². The number of halogens is 2. The van der Waals surface area contributed by atoms with E-state index in [4.69, 9.17) is 25.8 Å². The minimum absolute atomic E-state index is 0.0561. The summed E-state index contributed by atoms with van der Waals surface area (Å²) in [6, 6.07) is 23.6. The summed E-state index contributed by atoms with van der Waals surface area (Å²) in [5.41, 5.74) is 5.14. The third kappa shape index (κ3) is 8.28. The van der Waals surface area contributed by atoms with Crippen molar-refractivity contribution in [3.63, 3.8) is 0 Å². The lowest BCUT2D eigenvalue weighted by Crippen LogP contribution is -2.39. The molecule has 12 heteroatoms. The first-order valence-corrected chi connectivity index (χ1v) is 15.5. The van der Waals surface area contributed by atoms with Crippen LogP contribution >= 0.6 is 27.5 Å². The van der Waals surface area contributed by atoms with Crippen molar-refractivity contribution in [2.75, 3.05) is 25.1 Å². The fourth-order valence-corrected chi connectivity index (χ4v) is 6.06. The Morgan fingerprint density at radius 3 is 2.28 bits per heavy atom. The molecule has 1 N–H and O–H groups in total. The molecule has 0 aliphatic heterocycles. The highest BCUT2D eigenvalue weighted by atomic mass is 79.9. The molecule has 0 aliphatic rings. The molecule has 4 aromatic rings. The number of nitrogens with zero attached hydrogens (tertiary/aromatic N) is 2. The number of sulfonamides is 1. The molecule has 0 atom stereocenters. The van der Waals surface area contributed by atoms with E-state index in [1.807, 2.05) is 19.1 Å². The monoisotopic (exact) mass is 685 g/mol. The van der Waals surface area contributed by atoms with Gasteiger partial charge in [0.05, 0.1) is 35.5 Å². The van der Waals surface area contributed by atoms with E-state index in [1.54, 1.807) is 60.7 Å². The van der Waals surface area contributed by atoms with Gasteiger partial charge in [-0.05, 0) is 94.6 Å². The first kappa shape index (κ1) is 31.9. The number of hydrogen-bond acceptors (Lipinski definition) is 7. The number of carbonyl (C=O) groups excluding carboxylic acids is 1. The maximum atomic E-state index is 13.6. The zero-order valence-corrected chi connectivity index (χ0v) is 26.7. The lowest BCUT2D eigenvalue weighted by molar-refractivity contribution is -0.119. The van der Waals surface area contributed by atoms with Crippen molar-refractivity contribution in [3.8, 4) is 17.2 Å². The summed E-state index contributed by atoms with van der Waals surface area (Å²) in [5.74, 6) is 0.853. The average Bonchev–Trinajstić information content (AvgIpc) is 3.00. The van der Waals surface area contributed by atoms with Crippen molar-refractivity contribution in [1.82, 2.24) is 5.43 Å². The highest BCUT2D eigenvalue weighted by molar-refractivity contribution is 9.10. The number of rotatable bonds is 12. The van der Waals surface area contributed by atoms with Crippen LogP contribution < -0.4 is 23.9 Å². The van der Waals surface area contributed by atoms with Crippen LogP contribution in [0.15, 0.2) is 99.4 Å². The molecule has 0 radical (unpaired) electrons. The molecule has 224 valence electrons. The maximum Gasteiger partial charge on any atom is 0.264 e. The van der Waals surface area contributed by atoms with Crippen LogP contribution in [-0.4, -0.2) is 41.3 Å². The molecule has 4 rings (SSSR count). The third-order valence-corrected chi connectivity index (χ3v) is 8.84. The van der Waals surface area contributed by atoms with Crippen LogP contribution in [-0.2, 0) is 21.4 Å². The zero-order valence-electron chi connectivity index (χ0n) is 23.6. The van der Waals surface area contributed by atoms with Crippen molar-refractivity contribution in [2.45, 2.75) is 18.4 Å². The van der Waals surface area contributed by atoms with Gasteiger partial charge in [0.1, 0.15) is 18.9 Å². The second-order valence-electron chi connectivity index (χ2n) is 9.27. The minimum Gasteiger partial charge on any atom is -0.497 e. The summed E-state index contributed by atoms with van der Waals surface area (Å²) in [7, 11) is -1.05. The molecular weight excluding hydrogens is 658 g/mol. The number of aryl methyl sites for hydroxylation is 1. The van der Waals surface area contributed by atoms with E-state index in [9.17, 15) is 13.2 Å². The fraction of sp³-hybridized carbons (Fsp3) is 0.161. The number of hydrazone groups is 1. The fourth-order valence-electron chi connectivity index (χ4n) is 3.94. The summed E-state index contributed by atoms with van der Waals surface area (Å²) >= 11 is 9.46. The van der Waals surface area contributed by atoms with Crippen LogP contribution in [0.3, 0.4) is 0 Å². The lowest BCUT2D eigenvalue weighted by atomic mass is 10.2. The smallest absolute Gasteiger partial charge is 0.264 e. The van der Waals surface area contributed by atoms with Gasteiger partial charge in [-0.25, -0.2) is 13.8 Å². The van der Waals surface area contributed by atoms with Gasteiger partial charge in [0.15, 0.2) is 11.5 Å². The molecule has 0 saturated heterocycles. The largest absolute Gasteiger partial charge is 0.497 e. The number of hydrogen-bond donors (Lipinski definition) is 1. The van der Waals surface area contributed by atoms with E-state index < -0.39 is 22.5 Å². The molecule has 0 bridgehead atoms. The quantitative estimate of drug-likeness (QED) is 0.138. The molecular formula is C31H29BrClN3O6S. The Balaban J connectivity index is 1.49. The van der Waals surface area contributed by atoms with Gasteiger partial charge in [0, 0.05) is 5.02 Å². The number of benzene rings is 4. The van der Waals surface area contributed by atoms with Crippen LogP contribution in [0.2, 0.25) is 5.02 Å². The summed E-state index contributed by atoms with van der Waals surface area (Å²) in [4.78, 5) is 13.0. The number of methoxy groups -OCH3 is 2. The molecule has 0 saturated carbocycles. The second-order valence-corrected chi connectivity index (χ2v) is 12.4. The summed E-state index contributed by atoms with van der Waals surface area (Å²) < 4.78 is 45.4. The maximum absolute atomic E-state index is 13.6. The summed E-state index contributed by atoms with van der Waals surface area (Å²) in [5, 5.41) is 4.67. The zero-order chi connectivity index (χ0) is 31.0. The number of anilines is 1. The van der Waals surface area contributed by atoms with E-state index in [-0.39, 0.29) is 4.90 Å². The Kier molecular flexibility index (Phi) is 10.7. The second kappa shape index (κ2) is 14.4. The van der Waals surface area contributed by atoms with Gasteiger partial charge < -0.3 is 14.2 Å². The minimum atomic E-state index is -4.07. The van der Waals surface area contributed by atoms with Crippen LogP contribution in [0.4, 0.5) is 5.69 Å². The van der Waals surface area contributed by atoms with Crippen molar-refractivity contribution in [1.29, 1.82) is 0 Å². The third-order valence-electron chi connectivity index (χ3n) is 6.21. The molecule has 0 aromatic heterocycles. The highest BCUT2D eigenvalue weighted by Crippen LogP contribution is 2.37. The Bertz CT molecular complexity index is 1700. The van der Waals surface area contributed by atoms with Crippen molar-refractivity contribution in [3.05, 3.63) is 111 Å². The highest BCUT2D eigenvalue weighted by Gasteiger charge is 2.27. The van der Waals surface area contributed by atoms with Gasteiger partial charge in [0.25, 0.3) is 15.9 Å². The van der Waals surface area contributed by atoms with Gasteiger partial charge >= 0.3 is 0 Å². The van der Waals surface area contributed by atoms with E-state index in [0.29, 0.717) is 44.6 Å². The molecule has 0 aliphatic carbocycles. The number of nitrogens with one attached hydrogen (secondary N) is 1. The Morgan fingerprint density at radius 2 is 1.65 bits per heavy atom. The molecule has 1 amide bonds.